The standard InChI is InChI=1S/C33H29Cl2F4N7O2S/c34-20-10-18-25(24(38)23(20)17-2-3-21(37)26-22(17)19(12-40)28(41)49-26)42-31(48-15-33-4-1-7-45(33)13-16(36)11-33)43-29(18)44-8-5-32(14-44)6-9-46(32)30(47)27(35)39/h2-3,10,16,27H,1,4-9,11,13-15,41H2/t16-,27?,32?,33+/m1/s1. The van der Waals surface area contributed by atoms with E-state index in [9.17, 15) is 23.2 Å². The number of nitrogens with zero attached hydrogens (tertiary/aromatic N) is 6. The lowest BCUT2D eigenvalue weighted by molar-refractivity contribution is -0.148. The van der Waals surface area contributed by atoms with Gasteiger partial charge in [0.15, 0.2) is 5.82 Å². The smallest absolute Gasteiger partial charge is 0.319 e. The van der Waals surface area contributed by atoms with Gasteiger partial charge in [0.05, 0.1) is 26.4 Å². The lowest BCUT2D eigenvalue weighted by atomic mass is 9.83. The average Bonchev–Trinajstić information content (AvgIpc) is 3.82. The monoisotopic (exact) mass is 733 g/mol. The van der Waals surface area contributed by atoms with Crippen LogP contribution in [0.2, 0.25) is 5.02 Å². The highest BCUT2D eigenvalue weighted by Crippen LogP contribution is 2.48. The largest absolute Gasteiger partial charge is 0.461 e. The van der Waals surface area contributed by atoms with Crippen molar-refractivity contribution in [2.75, 3.05) is 50.0 Å². The van der Waals surface area contributed by atoms with E-state index >= 15 is 4.39 Å². The summed E-state index contributed by atoms with van der Waals surface area (Å²) >= 11 is 13.2. The highest BCUT2D eigenvalue weighted by atomic mass is 35.5. The number of halogens is 6. The van der Waals surface area contributed by atoms with Crippen molar-refractivity contribution in [3.05, 3.63) is 40.4 Å². The van der Waals surface area contributed by atoms with Crippen LogP contribution in [0.5, 0.6) is 6.01 Å². The van der Waals surface area contributed by atoms with Crippen LogP contribution in [0.1, 0.15) is 37.7 Å². The average molecular weight is 735 g/mol. The van der Waals surface area contributed by atoms with Crippen LogP contribution in [0.4, 0.5) is 28.4 Å². The van der Waals surface area contributed by atoms with Crippen molar-refractivity contribution in [2.45, 2.75) is 55.0 Å². The number of nitriles is 1. The van der Waals surface area contributed by atoms with Crippen molar-refractivity contribution < 1.29 is 27.1 Å². The molecule has 0 bridgehead atoms. The van der Waals surface area contributed by atoms with Crippen LogP contribution in [-0.2, 0) is 4.79 Å². The summed E-state index contributed by atoms with van der Waals surface area (Å²) in [4.78, 5) is 27.2. The summed E-state index contributed by atoms with van der Waals surface area (Å²) in [6.07, 6.45) is 2.08. The summed E-state index contributed by atoms with van der Waals surface area (Å²) in [7, 11) is 0. The Balaban J connectivity index is 1.26. The van der Waals surface area contributed by atoms with Crippen molar-refractivity contribution in [2.24, 2.45) is 0 Å². The highest BCUT2D eigenvalue weighted by molar-refractivity contribution is 7.23. The first-order valence-electron chi connectivity index (χ1n) is 15.9. The third-order valence-electron chi connectivity index (χ3n) is 10.7. The Kier molecular flexibility index (Phi) is 7.79. The number of aromatic nitrogens is 2. The van der Waals surface area contributed by atoms with Crippen LogP contribution in [0.3, 0.4) is 0 Å². The van der Waals surface area contributed by atoms with E-state index in [4.69, 9.17) is 38.7 Å². The number of amides is 1. The molecule has 9 nitrogen and oxygen atoms in total. The third-order valence-corrected chi connectivity index (χ3v) is 12.2. The summed E-state index contributed by atoms with van der Waals surface area (Å²) in [6, 6.07) is 5.90. The summed E-state index contributed by atoms with van der Waals surface area (Å²) in [5.41, 5.74) is 2.62. The molecule has 16 heteroatoms. The molecule has 0 aliphatic carbocycles. The molecule has 2 aromatic heterocycles. The fourth-order valence-corrected chi connectivity index (χ4v) is 9.69. The van der Waals surface area contributed by atoms with Gasteiger partial charge in [-0.1, -0.05) is 29.3 Å². The quantitative estimate of drug-likeness (QED) is 0.175. The maximum Gasteiger partial charge on any atom is 0.319 e. The minimum absolute atomic E-state index is 0.00926. The SMILES string of the molecule is N#Cc1c(N)sc2c(F)ccc(-c3c(Cl)cc4c(N5CCC6(CCN6C(=O)C(F)Cl)C5)nc(OC[C@@]56CCCN5C[C@H](F)C6)nc4c3F)c12. The summed E-state index contributed by atoms with van der Waals surface area (Å²) in [6.45, 7) is 2.20. The van der Waals surface area contributed by atoms with Gasteiger partial charge in [-0.05, 0) is 49.9 Å². The van der Waals surface area contributed by atoms with Crippen LogP contribution < -0.4 is 15.4 Å². The van der Waals surface area contributed by atoms with Crippen LogP contribution in [0.25, 0.3) is 32.1 Å². The summed E-state index contributed by atoms with van der Waals surface area (Å²) < 4.78 is 66.5. The molecule has 1 spiro atoms. The molecular formula is C33H29Cl2F4N7O2S. The number of hydrogen-bond acceptors (Lipinski definition) is 9. The van der Waals surface area contributed by atoms with Crippen molar-refractivity contribution >= 4 is 72.3 Å². The molecule has 256 valence electrons. The number of likely N-dealkylation sites (tertiary alicyclic amines) is 1. The molecule has 2 unspecified atom stereocenters. The van der Waals surface area contributed by atoms with Gasteiger partial charge in [0, 0.05) is 48.9 Å². The molecule has 0 saturated carbocycles. The van der Waals surface area contributed by atoms with Gasteiger partial charge in [-0.2, -0.15) is 15.2 Å². The summed E-state index contributed by atoms with van der Waals surface area (Å²) in [5, 5.41) is 10.3. The van der Waals surface area contributed by atoms with Crippen LogP contribution >= 0.6 is 34.5 Å². The lowest BCUT2D eigenvalue weighted by Crippen LogP contribution is -2.64. The van der Waals surface area contributed by atoms with E-state index in [1.165, 1.54) is 23.1 Å². The number of rotatable bonds is 6. The van der Waals surface area contributed by atoms with Gasteiger partial charge in [-0.15, -0.1) is 11.3 Å². The second-order valence-electron chi connectivity index (χ2n) is 13.3. The number of fused-ring (bicyclic) bond motifs is 3. The predicted molar refractivity (Wildman–Crippen MR) is 180 cm³/mol. The maximum atomic E-state index is 17.0. The third kappa shape index (κ3) is 4.99. The number of ether oxygens (including phenoxy) is 1. The molecule has 0 radical (unpaired) electrons. The zero-order valence-corrected chi connectivity index (χ0v) is 28.2. The Bertz CT molecular complexity index is 2100. The molecular weight excluding hydrogens is 705 g/mol. The van der Waals surface area contributed by atoms with Gasteiger partial charge in [-0.25, -0.2) is 17.6 Å². The normalized spacial score (nSPS) is 25.7. The Labute approximate surface area is 292 Å². The first kappa shape index (κ1) is 32.6. The lowest BCUT2D eigenvalue weighted by Gasteiger charge is -2.50. The molecule has 8 rings (SSSR count). The highest BCUT2D eigenvalue weighted by Gasteiger charge is 2.53. The van der Waals surface area contributed by atoms with E-state index < -0.39 is 40.4 Å². The van der Waals surface area contributed by atoms with Crippen LogP contribution in [-0.4, -0.2) is 87.9 Å². The van der Waals surface area contributed by atoms with E-state index in [2.05, 4.69) is 9.88 Å². The first-order valence-corrected chi connectivity index (χ1v) is 17.6. The van der Waals surface area contributed by atoms with E-state index in [1.54, 1.807) is 0 Å². The van der Waals surface area contributed by atoms with Gasteiger partial charge >= 0.3 is 6.01 Å². The van der Waals surface area contributed by atoms with Crippen molar-refractivity contribution in [1.82, 2.24) is 19.8 Å². The Morgan fingerprint density at radius 1 is 1.22 bits per heavy atom. The van der Waals surface area contributed by atoms with E-state index in [0.717, 1.165) is 30.7 Å². The van der Waals surface area contributed by atoms with E-state index in [0.29, 0.717) is 44.7 Å². The molecule has 2 aromatic carbocycles. The number of benzene rings is 2. The second kappa shape index (κ2) is 11.7. The van der Waals surface area contributed by atoms with E-state index in [-0.39, 0.29) is 66.9 Å². The van der Waals surface area contributed by atoms with Gasteiger partial charge in [0.1, 0.15) is 41.0 Å². The molecule has 4 aliphatic rings. The molecule has 4 fully saturated rings. The predicted octanol–water partition coefficient (Wildman–Crippen LogP) is 6.57. The zero-order valence-electron chi connectivity index (χ0n) is 25.9. The van der Waals surface area contributed by atoms with Crippen molar-refractivity contribution in [3.63, 3.8) is 0 Å². The number of nitrogen functional groups attached to an aromatic ring is 1. The Morgan fingerprint density at radius 3 is 2.76 bits per heavy atom. The molecule has 4 saturated heterocycles. The van der Waals surface area contributed by atoms with Crippen molar-refractivity contribution in [1.29, 1.82) is 5.26 Å². The number of hydrogen-bond donors (Lipinski definition) is 1. The molecule has 4 aromatic rings. The number of alkyl halides is 3. The minimum Gasteiger partial charge on any atom is -0.461 e. The van der Waals surface area contributed by atoms with Gasteiger partial charge in [0.2, 0.25) is 0 Å². The molecule has 49 heavy (non-hydrogen) atoms. The number of carbonyl (C=O) groups is 1. The molecule has 1 amide bonds. The van der Waals surface area contributed by atoms with Gasteiger partial charge in [0.25, 0.3) is 11.5 Å². The Morgan fingerprint density at radius 2 is 2.02 bits per heavy atom. The number of nitrogens with two attached hydrogens (primary N) is 1. The zero-order chi connectivity index (χ0) is 34.4. The molecule has 2 N–H and O–H groups in total. The topological polar surface area (TPSA) is 112 Å². The first-order chi connectivity index (χ1) is 23.4. The van der Waals surface area contributed by atoms with Crippen molar-refractivity contribution in [3.8, 4) is 23.2 Å². The number of thiophene rings is 1. The minimum atomic E-state index is -2.16. The molecule has 6 heterocycles. The van der Waals surface area contributed by atoms with Gasteiger partial charge in [-0.3, -0.25) is 9.69 Å². The summed E-state index contributed by atoms with van der Waals surface area (Å²) in [5.74, 6) is -1.97. The number of carbonyl (C=O) groups excluding carboxylic acids is 1. The number of anilines is 2. The second-order valence-corrected chi connectivity index (χ2v) is 15.2. The fraction of sp³-hybridized carbons (Fsp3) is 0.455. The van der Waals surface area contributed by atoms with E-state index in [1.807, 2.05) is 11.0 Å². The Hall–Kier alpha value is -3.64. The van der Waals surface area contributed by atoms with Crippen LogP contribution in [0.15, 0.2) is 18.2 Å². The van der Waals surface area contributed by atoms with Gasteiger partial charge < -0.3 is 20.3 Å². The maximum absolute atomic E-state index is 17.0. The van der Waals surface area contributed by atoms with Crippen LogP contribution in [0, 0.1) is 23.0 Å². The fourth-order valence-electron chi connectivity index (χ4n) is 8.33. The molecule has 4 aliphatic heterocycles. The molecule has 4 atom stereocenters.